The number of rotatable bonds is 8. The molecule has 2 aromatic carbocycles. The van der Waals surface area contributed by atoms with Crippen LogP contribution in [0.5, 0.6) is 0 Å². The van der Waals surface area contributed by atoms with E-state index in [0.717, 1.165) is 18.4 Å². The van der Waals surface area contributed by atoms with E-state index < -0.39 is 6.10 Å². The van der Waals surface area contributed by atoms with Gasteiger partial charge in [0.15, 0.2) is 0 Å². The largest absolute Gasteiger partial charge is 0.391 e. The molecule has 0 bridgehead atoms. The van der Waals surface area contributed by atoms with Crippen LogP contribution in [-0.2, 0) is 17.6 Å². The zero-order valence-electron chi connectivity index (χ0n) is 12.7. The van der Waals surface area contributed by atoms with E-state index in [1.54, 1.807) is 0 Å². The van der Waals surface area contributed by atoms with Gasteiger partial charge in [-0.25, -0.2) is 0 Å². The molecule has 1 amide bonds. The molecule has 0 radical (unpaired) electrons. The van der Waals surface area contributed by atoms with Crippen molar-refractivity contribution in [1.29, 1.82) is 0 Å². The van der Waals surface area contributed by atoms with Crippen molar-refractivity contribution in [2.24, 2.45) is 0 Å². The Bertz CT molecular complexity index is 554. The minimum atomic E-state index is -0.541. The van der Waals surface area contributed by atoms with Crippen molar-refractivity contribution in [1.82, 2.24) is 5.32 Å². The van der Waals surface area contributed by atoms with Crippen molar-refractivity contribution in [2.45, 2.75) is 31.8 Å². The van der Waals surface area contributed by atoms with Crippen LogP contribution in [0.2, 0.25) is 0 Å². The normalized spacial score (nSPS) is 11.9. The van der Waals surface area contributed by atoms with Crippen molar-refractivity contribution >= 4 is 5.91 Å². The lowest BCUT2D eigenvalue weighted by atomic mass is 10.1. The lowest BCUT2D eigenvalue weighted by Crippen LogP contribution is -2.33. The van der Waals surface area contributed by atoms with E-state index >= 15 is 0 Å². The quantitative estimate of drug-likeness (QED) is 0.787. The summed E-state index contributed by atoms with van der Waals surface area (Å²) in [6.45, 7) is 0.305. The first-order valence-corrected chi connectivity index (χ1v) is 7.76. The molecule has 0 heterocycles. The molecule has 116 valence electrons. The first-order chi connectivity index (χ1) is 10.7. The van der Waals surface area contributed by atoms with Gasteiger partial charge in [0, 0.05) is 19.4 Å². The summed E-state index contributed by atoms with van der Waals surface area (Å²) < 4.78 is 0. The molecule has 2 aromatic rings. The number of hydrogen-bond donors (Lipinski definition) is 2. The number of benzene rings is 2. The molecule has 0 aliphatic rings. The second kappa shape index (κ2) is 9.00. The monoisotopic (exact) mass is 297 g/mol. The average Bonchev–Trinajstić information content (AvgIpc) is 2.55. The predicted molar refractivity (Wildman–Crippen MR) is 88.5 cm³/mol. The zero-order chi connectivity index (χ0) is 15.6. The number of carbonyl (C=O) groups excluding carboxylic acids is 1. The van der Waals surface area contributed by atoms with Gasteiger partial charge in [-0.15, -0.1) is 0 Å². The van der Waals surface area contributed by atoms with E-state index in [-0.39, 0.29) is 5.91 Å². The molecule has 0 aromatic heterocycles. The maximum Gasteiger partial charge on any atom is 0.220 e. The van der Waals surface area contributed by atoms with Crippen LogP contribution >= 0.6 is 0 Å². The van der Waals surface area contributed by atoms with E-state index in [1.807, 2.05) is 48.5 Å². The third-order valence-corrected chi connectivity index (χ3v) is 3.56. The average molecular weight is 297 g/mol. The van der Waals surface area contributed by atoms with Crippen molar-refractivity contribution in [3.63, 3.8) is 0 Å². The van der Waals surface area contributed by atoms with Gasteiger partial charge < -0.3 is 10.4 Å². The number of carbonyl (C=O) groups is 1. The molecular weight excluding hydrogens is 274 g/mol. The van der Waals surface area contributed by atoms with Gasteiger partial charge in [-0.2, -0.15) is 0 Å². The Kier molecular flexibility index (Phi) is 6.65. The van der Waals surface area contributed by atoms with Crippen molar-refractivity contribution < 1.29 is 9.90 Å². The smallest absolute Gasteiger partial charge is 0.220 e. The van der Waals surface area contributed by atoms with Crippen LogP contribution in [-0.4, -0.2) is 23.7 Å². The molecule has 0 fully saturated rings. The molecule has 1 atom stereocenters. The fraction of sp³-hybridized carbons (Fsp3) is 0.316. The summed E-state index contributed by atoms with van der Waals surface area (Å²) in [4.78, 5) is 11.8. The molecule has 3 nitrogen and oxygen atoms in total. The third-order valence-electron chi connectivity index (χ3n) is 3.56. The Morgan fingerprint density at radius 3 is 2.18 bits per heavy atom. The van der Waals surface area contributed by atoms with Gasteiger partial charge in [0.25, 0.3) is 0 Å². The topological polar surface area (TPSA) is 49.3 Å². The van der Waals surface area contributed by atoms with E-state index in [2.05, 4.69) is 17.4 Å². The SMILES string of the molecule is O=C(CCCc1ccccc1)NCC(O)Cc1ccccc1. The van der Waals surface area contributed by atoms with Gasteiger partial charge in [-0.3, -0.25) is 4.79 Å². The summed E-state index contributed by atoms with van der Waals surface area (Å²) in [5.74, 6) is 0.00282. The number of hydrogen-bond acceptors (Lipinski definition) is 2. The molecule has 22 heavy (non-hydrogen) atoms. The molecule has 0 saturated heterocycles. The Balaban J connectivity index is 1.61. The second-order valence-corrected chi connectivity index (χ2v) is 5.49. The van der Waals surface area contributed by atoms with Crippen LogP contribution in [0.4, 0.5) is 0 Å². The molecule has 0 saturated carbocycles. The van der Waals surface area contributed by atoms with Crippen LogP contribution in [0.3, 0.4) is 0 Å². The van der Waals surface area contributed by atoms with Crippen LogP contribution < -0.4 is 5.32 Å². The maximum atomic E-state index is 11.8. The zero-order valence-corrected chi connectivity index (χ0v) is 12.7. The first kappa shape index (κ1) is 16.2. The Labute approximate surface area is 132 Å². The molecule has 0 aliphatic carbocycles. The van der Waals surface area contributed by atoms with Crippen LogP contribution in [0.15, 0.2) is 60.7 Å². The van der Waals surface area contributed by atoms with E-state index in [0.29, 0.717) is 19.4 Å². The van der Waals surface area contributed by atoms with Gasteiger partial charge in [-0.05, 0) is 24.0 Å². The summed E-state index contributed by atoms with van der Waals surface area (Å²) in [6.07, 6.45) is 2.24. The predicted octanol–water partition coefficient (Wildman–Crippen LogP) is 2.73. The number of aliphatic hydroxyl groups is 1. The summed E-state index contributed by atoms with van der Waals surface area (Å²) in [6, 6.07) is 20.0. The number of amides is 1. The lowest BCUT2D eigenvalue weighted by Gasteiger charge is -2.12. The fourth-order valence-electron chi connectivity index (χ4n) is 2.38. The van der Waals surface area contributed by atoms with Crippen LogP contribution in [0.1, 0.15) is 24.0 Å². The third kappa shape index (κ3) is 6.10. The highest BCUT2D eigenvalue weighted by Crippen LogP contribution is 2.05. The lowest BCUT2D eigenvalue weighted by molar-refractivity contribution is -0.121. The van der Waals surface area contributed by atoms with Gasteiger partial charge in [-0.1, -0.05) is 60.7 Å². The Hall–Kier alpha value is -2.13. The minimum Gasteiger partial charge on any atom is -0.391 e. The van der Waals surface area contributed by atoms with Crippen molar-refractivity contribution in [3.8, 4) is 0 Å². The van der Waals surface area contributed by atoms with Crippen molar-refractivity contribution in [2.75, 3.05) is 6.54 Å². The van der Waals surface area contributed by atoms with Crippen molar-refractivity contribution in [3.05, 3.63) is 71.8 Å². The summed E-state index contributed by atoms with van der Waals surface area (Å²) >= 11 is 0. The summed E-state index contributed by atoms with van der Waals surface area (Å²) in [7, 11) is 0. The van der Waals surface area contributed by atoms with Crippen LogP contribution in [0, 0.1) is 0 Å². The highest BCUT2D eigenvalue weighted by molar-refractivity contribution is 5.75. The van der Waals surface area contributed by atoms with Gasteiger partial charge in [0.05, 0.1) is 6.10 Å². The second-order valence-electron chi connectivity index (χ2n) is 5.49. The molecule has 1 unspecified atom stereocenters. The number of aliphatic hydroxyl groups excluding tert-OH is 1. The summed E-state index contributed by atoms with van der Waals surface area (Å²) in [5, 5.41) is 12.7. The molecule has 0 aliphatic heterocycles. The van der Waals surface area contributed by atoms with Crippen LogP contribution in [0.25, 0.3) is 0 Å². The highest BCUT2D eigenvalue weighted by Gasteiger charge is 2.08. The standard InChI is InChI=1S/C19H23NO2/c21-18(14-17-10-5-2-6-11-17)15-20-19(22)13-7-12-16-8-3-1-4-9-16/h1-6,8-11,18,21H,7,12-15H2,(H,20,22). The number of aryl methyl sites for hydroxylation is 1. The van der Waals surface area contributed by atoms with Gasteiger partial charge in [0.2, 0.25) is 5.91 Å². The molecule has 2 rings (SSSR count). The van der Waals surface area contributed by atoms with Gasteiger partial charge in [0.1, 0.15) is 0 Å². The van der Waals surface area contributed by atoms with E-state index in [4.69, 9.17) is 0 Å². The molecule has 0 spiro atoms. The summed E-state index contributed by atoms with van der Waals surface area (Å²) in [5.41, 5.74) is 2.33. The van der Waals surface area contributed by atoms with E-state index in [1.165, 1.54) is 5.56 Å². The maximum absolute atomic E-state index is 11.8. The minimum absolute atomic E-state index is 0.00282. The highest BCUT2D eigenvalue weighted by atomic mass is 16.3. The number of nitrogens with one attached hydrogen (secondary N) is 1. The first-order valence-electron chi connectivity index (χ1n) is 7.76. The molecule has 3 heteroatoms. The molecular formula is C19H23NO2. The molecule has 2 N–H and O–H groups in total. The Morgan fingerprint density at radius 2 is 1.55 bits per heavy atom. The van der Waals surface area contributed by atoms with E-state index in [9.17, 15) is 9.90 Å². The fourth-order valence-corrected chi connectivity index (χ4v) is 2.38. The Morgan fingerprint density at radius 1 is 0.955 bits per heavy atom. The van der Waals surface area contributed by atoms with Gasteiger partial charge >= 0.3 is 0 Å².